The lowest BCUT2D eigenvalue weighted by molar-refractivity contribution is 0.341. The van der Waals surface area contributed by atoms with Crippen molar-refractivity contribution in [3.8, 4) is 0 Å². The van der Waals surface area contributed by atoms with Gasteiger partial charge in [0.15, 0.2) is 0 Å². The molecule has 3 atom stereocenters. The fourth-order valence-electron chi connectivity index (χ4n) is 1.60. The molecule has 64 valence electrons. The molecule has 1 rings (SSSR count). The van der Waals surface area contributed by atoms with Gasteiger partial charge in [0, 0.05) is 12.1 Å². The SMILES string of the molecule is CC=NC1CCC[C@@H](N)C1N. The van der Waals surface area contributed by atoms with Gasteiger partial charge >= 0.3 is 0 Å². The largest absolute Gasteiger partial charge is 0.326 e. The van der Waals surface area contributed by atoms with E-state index in [-0.39, 0.29) is 18.1 Å². The van der Waals surface area contributed by atoms with Crippen LogP contribution in [0.1, 0.15) is 26.2 Å². The second kappa shape index (κ2) is 3.83. The lowest BCUT2D eigenvalue weighted by Gasteiger charge is -2.30. The minimum Gasteiger partial charge on any atom is -0.326 e. The summed E-state index contributed by atoms with van der Waals surface area (Å²) >= 11 is 0. The van der Waals surface area contributed by atoms with Crippen LogP contribution in [0.15, 0.2) is 4.99 Å². The zero-order valence-corrected chi connectivity index (χ0v) is 7.03. The standard InChI is InChI=1S/C8H17N3/c1-2-11-7-5-3-4-6(9)8(7)10/h2,6-8H,3-5,9-10H2,1H3/t6-,7?,8?/m1/s1. The summed E-state index contributed by atoms with van der Waals surface area (Å²) in [7, 11) is 0. The molecule has 3 nitrogen and oxygen atoms in total. The van der Waals surface area contributed by atoms with E-state index in [0.717, 1.165) is 19.3 Å². The molecule has 1 saturated carbocycles. The van der Waals surface area contributed by atoms with Crippen LogP contribution in [-0.4, -0.2) is 24.3 Å². The Morgan fingerprint density at radius 2 is 2.09 bits per heavy atom. The van der Waals surface area contributed by atoms with Gasteiger partial charge in [0.25, 0.3) is 0 Å². The third-order valence-electron chi connectivity index (χ3n) is 2.32. The third-order valence-corrected chi connectivity index (χ3v) is 2.32. The molecule has 1 fully saturated rings. The summed E-state index contributed by atoms with van der Waals surface area (Å²) in [6, 6.07) is 0.487. The van der Waals surface area contributed by atoms with Crippen LogP contribution in [0.2, 0.25) is 0 Å². The Labute approximate surface area is 67.9 Å². The number of aliphatic imine (C=N–C) groups is 1. The summed E-state index contributed by atoms with van der Waals surface area (Å²) in [5.74, 6) is 0. The molecule has 0 amide bonds. The van der Waals surface area contributed by atoms with Gasteiger partial charge in [0.2, 0.25) is 0 Å². The van der Waals surface area contributed by atoms with Gasteiger partial charge in [-0.05, 0) is 32.4 Å². The second-order valence-corrected chi connectivity index (χ2v) is 3.15. The maximum absolute atomic E-state index is 5.87. The molecule has 1 aliphatic carbocycles. The van der Waals surface area contributed by atoms with Gasteiger partial charge in [-0.3, -0.25) is 4.99 Å². The van der Waals surface area contributed by atoms with Crippen LogP contribution >= 0.6 is 0 Å². The third kappa shape index (κ3) is 2.01. The van der Waals surface area contributed by atoms with Crippen molar-refractivity contribution >= 4 is 6.21 Å². The van der Waals surface area contributed by atoms with E-state index in [2.05, 4.69) is 4.99 Å². The summed E-state index contributed by atoms with van der Waals surface area (Å²) in [5.41, 5.74) is 11.7. The Kier molecular flexibility index (Phi) is 3.02. The van der Waals surface area contributed by atoms with Crippen LogP contribution in [0.3, 0.4) is 0 Å². The van der Waals surface area contributed by atoms with Crippen LogP contribution in [0.5, 0.6) is 0 Å². The number of nitrogens with zero attached hydrogens (tertiary/aromatic N) is 1. The van der Waals surface area contributed by atoms with Gasteiger partial charge in [0.05, 0.1) is 6.04 Å². The van der Waals surface area contributed by atoms with Crippen LogP contribution < -0.4 is 11.5 Å². The minimum atomic E-state index is 0.0694. The fraction of sp³-hybridized carbons (Fsp3) is 0.875. The van der Waals surface area contributed by atoms with E-state index in [1.165, 1.54) is 0 Å². The number of nitrogens with two attached hydrogens (primary N) is 2. The molecule has 0 aliphatic heterocycles. The van der Waals surface area contributed by atoms with Crippen LogP contribution in [0, 0.1) is 0 Å². The van der Waals surface area contributed by atoms with Gasteiger partial charge in [-0.25, -0.2) is 0 Å². The van der Waals surface area contributed by atoms with E-state index in [0.29, 0.717) is 0 Å². The van der Waals surface area contributed by atoms with Crippen molar-refractivity contribution in [3.05, 3.63) is 0 Å². The monoisotopic (exact) mass is 155 g/mol. The number of hydrogen-bond acceptors (Lipinski definition) is 3. The summed E-state index contributed by atoms with van der Waals surface area (Å²) in [6.07, 6.45) is 5.13. The first-order valence-electron chi connectivity index (χ1n) is 4.24. The van der Waals surface area contributed by atoms with Gasteiger partial charge < -0.3 is 11.5 Å². The van der Waals surface area contributed by atoms with Gasteiger partial charge in [-0.2, -0.15) is 0 Å². The Hall–Kier alpha value is -0.410. The number of hydrogen-bond donors (Lipinski definition) is 2. The van der Waals surface area contributed by atoms with E-state index < -0.39 is 0 Å². The highest BCUT2D eigenvalue weighted by Crippen LogP contribution is 2.18. The Morgan fingerprint density at radius 1 is 1.36 bits per heavy atom. The van der Waals surface area contributed by atoms with Crippen molar-refractivity contribution < 1.29 is 0 Å². The average molecular weight is 155 g/mol. The molecule has 0 spiro atoms. The highest BCUT2D eigenvalue weighted by Gasteiger charge is 2.26. The molecule has 3 heteroatoms. The average Bonchev–Trinajstić information content (AvgIpc) is 1.99. The normalized spacial score (nSPS) is 39.7. The molecule has 0 aromatic carbocycles. The Bertz CT molecular complexity index is 144. The molecule has 0 aromatic heterocycles. The van der Waals surface area contributed by atoms with E-state index in [9.17, 15) is 0 Å². The lowest BCUT2D eigenvalue weighted by atomic mass is 9.87. The summed E-state index contributed by atoms with van der Waals surface area (Å²) < 4.78 is 0. The van der Waals surface area contributed by atoms with Gasteiger partial charge in [0.1, 0.15) is 0 Å². The van der Waals surface area contributed by atoms with Crippen LogP contribution in [0.25, 0.3) is 0 Å². The Morgan fingerprint density at radius 3 is 2.73 bits per heavy atom. The maximum Gasteiger partial charge on any atom is 0.0661 e. The molecule has 4 N–H and O–H groups in total. The molecular formula is C8H17N3. The van der Waals surface area contributed by atoms with E-state index in [1.54, 1.807) is 0 Å². The van der Waals surface area contributed by atoms with E-state index in [1.807, 2.05) is 13.1 Å². The smallest absolute Gasteiger partial charge is 0.0661 e. The second-order valence-electron chi connectivity index (χ2n) is 3.15. The summed E-state index contributed by atoms with van der Waals surface area (Å²) in [6.45, 7) is 1.92. The lowest BCUT2D eigenvalue weighted by Crippen LogP contribution is -2.51. The van der Waals surface area contributed by atoms with E-state index in [4.69, 9.17) is 11.5 Å². The first-order chi connectivity index (χ1) is 5.25. The molecule has 2 unspecified atom stereocenters. The predicted octanol–water partition coefficient (Wildman–Crippen LogP) is 0.284. The molecule has 0 heterocycles. The highest BCUT2D eigenvalue weighted by molar-refractivity contribution is 5.53. The quantitative estimate of drug-likeness (QED) is 0.534. The van der Waals surface area contributed by atoms with Crippen LogP contribution in [0.4, 0.5) is 0 Å². The summed E-state index contributed by atoms with van der Waals surface area (Å²) in [4.78, 5) is 4.29. The molecular weight excluding hydrogens is 138 g/mol. The highest BCUT2D eigenvalue weighted by atomic mass is 14.9. The fourth-order valence-corrected chi connectivity index (χ4v) is 1.60. The predicted molar refractivity (Wildman–Crippen MR) is 47.8 cm³/mol. The zero-order chi connectivity index (χ0) is 8.27. The first kappa shape index (κ1) is 8.68. The molecule has 0 aromatic rings. The van der Waals surface area contributed by atoms with Crippen molar-refractivity contribution in [2.24, 2.45) is 16.5 Å². The first-order valence-corrected chi connectivity index (χ1v) is 4.24. The van der Waals surface area contributed by atoms with Crippen molar-refractivity contribution in [1.29, 1.82) is 0 Å². The van der Waals surface area contributed by atoms with Crippen molar-refractivity contribution in [1.82, 2.24) is 0 Å². The number of rotatable bonds is 1. The minimum absolute atomic E-state index is 0.0694. The molecule has 0 radical (unpaired) electrons. The molecule has 11 heavy (non-hydrogen) atoms. The topological polar surface area (TPSA) is 64.4 Å². The van der Waals surface area contributed by atoms with Crippen molar-refractivity contribution in [2.75, 3.05) is 0 Å². The maximum atomic E-state index is 5.87. The van der Waals surface area contributed by atoms with Gasteiger partial charge in [-0.1, -0.05) is 0 Å². The van der Waals surface area contributed by atoms with Crippen molar-refractivity contribution in [2.45, 2.75) is 44.3 Å². The van der Waals surface area contributed by atoms with Crippen LogP contribution in [-0.2, 0) is 0 Å². The Balaban J connectivity index is 2.51. The molecule has 0 saturated heterocycles. The van der Waals surface area contributed by atoms with Crippen molar-refractivity contribution in [3.63, 3.8) is 0 Å². The zero-order valence-electron chi connectivity index (χ0n) is 7.03. The molecule has 1 aliphatic rings. The molecule has 0 bridgehead atoms. The summed E-state index contributed by atoms with van der Waals surface area (Å²) in [5, 5.41) is 0. The van der Waals surface area contributed by atoms with Gasteiger partial charge in [-0.15, -0.1) is 0 Å². The van der Waals surface area contributed by atoms with E-state index >= 15 is 0 Å².